The summed E-state index contributed by atoms with van der Waals surface area (Å²) in [5, 5.41) is 23.8. The van der Waals surface area contributed by atoms with Crippen molar-refractivity contribution in [2.75, 3.05) is 29.7 Å². The van der Waals surface area contributed by atoms with Crippen LogP contribution in [0.1, 0.15) is 43.0 Å². The number of halogens is 2. The first-order valence-electron chi connectivity index (χ1n) is 12.4. The van der Waals surface area contributed by atoms with Crippen molar-refractivity contribution in [2.24, 2.45) is 0 Å². The standard InChI is InChI=1S/C29H26Cl2N2O7/c30-9-11-33(12-10-31)19-7-5-17(6-8-19)13-22(32-16-34)29(39)40-15-18-14-23(35)24-25(26(18)36)28(38)21-4-2-1-3-20(21)27(24)37/h1-8,14,16,22,35-36H,9-13,15H2,(H,32,34)/t22-/m0/s1. The van der Waals surface area contributed by atoms with Crippen LogP contribution in [0.15, 0.2) is 54.6 Å². The molecular formula is C29H26Cl2N2O7. The van der Waals surface area contributed by atoms with E-state index in [2.05, 4.69) is 5.32 Å². The van der Waals surface area contributed by atoms with E-state index in [4.69, 9.17) is 27.9 Å². The number of anilines is 1. The second-order valence-electron chi connectivity index (χ2n) is 9.04. The number of rotatable bonds is 12. The minimum atomic E-state index is -1.05. The van der Waals surface area contributed by atoms with Crippen molar-refractivity contribution in [3.8, 4) is 11.5 Å². The molecule has 0 saturated carbocycles. The minimum Gasteiger partial charge on any atom is -0.507 e. The van der Waals surface area contributed by atoms with Crippen LogP contribution >= 0.6 is 23.2 Å². The smallest absolute Gasteiger partial charge is 0.329 e. The van der Waals surface area contributed by atoms with E-state index < -0.39 is 41.7 Å². The van der Waals surface area contributed by atoms with Gasteiger partial charge in [-0.05, 0) is 23.8 Å². The Labute approximate surface area is 240 Å². The summed E-state index contributed by atoms with van der Waals surface area (Å²) in [6.45, 7) is 0.718. The van der Waals surface area contributed by atoms with Gasteiger partial charge in [-0.25, -0.2) is 4.79 Å². The van der Waals surface area contributed by atoms with Gasteiger partial charge in [-0.2, -0.15) is 0 Å². The summed E-state index contributed by atoms with van der Waals surface area (Å²) in [4.78, 5) is 52.1. The number of carbonyl (C=O) groups excluding carboxylic acids is 4. The van der Waals surface area contributed by atoms with Gasteiger partial charge in [0.05, 0.1) is 11.1 Å². The molecule has 4 rings (SSSR count). The molecule has 0 bridgehead atoms. The van der Waals surface area contributed by atoms with Crippen molar-refractivity contribution in [2.45, 2.75) is 19.1 Å². The van der Waals surface area contributed by atoms with Crippen LogP contribution < -0.4 is 10.2 Å². The van der Waals surface area contributed by atoms with E-state index >= 15 is 0 Å². The maximum Gasteiger partial charge on any atom is 0.329 e. The summed E-state index contributed by atoms with van der Waals surface area (Å²) in [5.41, 5.74) is 1.14. The highest BCUT2D eigenvalue weighted by Crippen LogP contribution is 2.40. The lowest BCUT2D eigenvalue weighted by Gasteiger charge is -2.23. The lowest BCUT2D eigenvalue weighted by molar-refractivity contribution is -0.148. The number of phenols is 2. The van der Waals surface area contributed by atoms with Gasteiger partial charge in [-0.15, -0.1) is 23.2 Å². The number of nitrogens with one attached hydrogen (secondary N) is 1. The SMILES string of the molecule is O=CN[C@@H](Cc1ccc(N(CCCl)CCCl)cc1)C(=O)OCc1cc(O)c2c(c1O)C(=O)c1ccccc1C2=O. The predicted molar refractivity (Wildman–Crippen MR) is 150 cm³/mol. The third-order valence-corrected chi connectivity index (χ3v) is 6.94. The van der Waals surface area contributed by atoms with Gasteiger partial charge in [-0.3, -0.25) is 14.4 Å². The highest BCUT2D eigenvalue weighted by atomic mass is 35.5. The quantitative estimate of drug-likeness (QED) is 0.0996. The molecule has 0 radical (unpaired) electrons. The second-order valence-corrected chi connectivity index (χ2v) is 9.79. The van der Waals surface area contributed by atoms with Gasteiger partial charge >= 0.3 is 5.97 Å². The number of aromatic hydroxyl groups is 2. The first-order valence-corrected chi connectivity index (χ1v) is 13.5. The molecule has 9 nitrogen and oxygen atoms in total. The number of esters is 1. The van der Waals surface area contributed by atoms with E-state index in [1.165, 1.54) is 12.1 Å². The number of hydrogen-bond donors (Lipinski definition) is 3. The zero-order chi connectivity index (χ0) is 28.8. The fourth-order valence-corrected chi connectivity index (χ4v) is 5.02. The number of fused-ring (bicyclic) bond motifs is 2. The Kier molecular flexibility index (Phi) is 9.29. The lowest BCUT2D eigenvalue weighted by Crippen LogP contribution is -2.39. The number of nitrogens with zero attached hydrogens (tertiary/aromatic N) is 1. The van der Waals surface area contributed by atoms with Crippen molar-refractivity contribution >= 4 is 52.8 Å². The van der Waals surface area contributed by atoms with E-state index in [0.29, 0.717) is 31.3 Å². The van der Waals surface area contributed by atoms with Gasteiger partial charge < -0.3 is 25.2 Å². The van der Waals surface area contributed by atoms with Crippen molar-refractivity contribution in [3.63, 3.8) is 0 Å². The number of phenolic OH excluding ortho intramolecular Hbond substituents is 2. The van der Waals surface area contributed by atoms with Gasteiger partial charge in [0.1, 0.15) is 24.1 Å². The number of alkyl halides is 2. The molecule has 1 aliphatic rings. The molecule has 3 aromatic rings. The summed E-state index contributed by atoms with van der Waals surface area (Å²) in [6, 6.07) is 13.5. The molecule has 0 fully saturated rings. The average molecular weight is 585 g/mol. The Hall–Kier alpha value is -4.08. The highest BCUT2D eigenvalue weighted by molar-refractivity contribution is 6.30. The minimum absolute atomic E-state index is 0.0713. The van der Waals surface area contributed by atoms with E-state index in [1.807, 2.05) is 29.2 Å². The molecule has 1 atom stereocenters. The van der Waals surface area contributed by atoms with Gasteiger partial charge in [0, 0.05) is 53.6 Å². The average Bonchev–Trinajstić information content (AvgIpc) is 2.96. The normalized spacial score (nSPS) is 12.8. The van der Waals surface area contributed by atoms with Crippen LogP contribution in [0.25, 0.3) is 0 Å². The molecule has 0 aromatic heterocycles. The summed E-state index contributed by atoms with van der Waals surface area (Å²) >= 11 is 11.7. The Morgan fingerprint density at radius 1 is 0.950 bits per heavy atom. The van der Waals surface area contributed by atoms with Crippen LogP contribution in [0, 0.1) is 0 Å². The molecule has 1 amide bonds. The molecule has 3 N–H and O–H groups in total. The molecular weight excluding hydrogens is 559 g/mol. The number of benzene rings is 3. The number of amides is 1. The van der Waals surface area contributed by atoms with Gasteiger partial charge in [0.25, 0.3) is 0 Å². The number of hydrogen-bond acceptors (Lipinski definition) is 8. The van der Waals surface area contributed by atoms with Crippen molar-refractivity contribution < 1.29 is 34.1 Å². The molecule has 0 spiro atoms. The Morgan fingerprint density at radius 3 is 2.12 bits per heavy atom. The maximum atomic E-state index is 13.1. The number of carbonyl (C=O) groups is 4. The van der Waals surface area contributed by atoms with Gasteiger partial charge in [0.15, 0.2) is 11.6 Å². The first-order chi connectivity index (χ1) is 19.3. The van der Waals surface area contributed by atoms with Crippen LogP contribution in [0.2, 0.25) is 0 Å². The highest BCUT2D eigenvalue weighted by Gasteiger charge is 2.35. The Balaban J connectivity index is 1.49. The summed E-state index contributed by atoms with van der Waals surface area (Å²) in [7, 11) is 0. The monoisotopic (exact) mass is 584 g/mol. The third-order valence-electron chi connectivity index (χ3n) is 6.60. The predicted octanol–water partition coefficient (Wildman–Crippen LogP) is 3.56. The van der Waals surface area contributed by atoms with E-state index in [1.54, 1.807) is 12.1 Å². The van der Waals surface area contributed by atoms with Crippen LogP contribution in [-0.2, 0) is 27.4 Å². The lowest BCUT2D eigenvalue weighted by atomic mass is 9.82. The zero-order valence-corrected chi connectivity index (χ0v) is 22.7. The number of ether oxygens (including phenoxy) is 1. The van der Waals surface area contributed by atoms with E-state index in [-0.39, 0.29) is 34.2 Å². The molecule has 1 aliphatic carbocycles. The van der Waals surface area contributed by atoms with Gasteiger partial charge in [-0.1, -0.05) is 36.4 Å². The molecule has 0 saturated heterocycles. The Bertz CT molecular complexity index is 1440. The van der Waals surface area contributed by atoms with Crippen LogP contribution in [0.4, 0.5) is 5.69 Å². The molecule has 3 aromatic carbocycles. The molecule has 40 heavy (non-hydrogen) atoms. The van der Waals surface area contributed by atoms with Gasteiger partial charge in [0.2, 0.25) is 6.41 Å². The molecule has 0 heterocycles. The van der Waals surface area contributed by atoms with Crippen molar-refractivity contribution in [1.82, 2.24) is 5.32 Å². The van der Waals surface area contributed by atoms with Crippen LogP contribution in [0.5, 0.6) is 11.5 Å². The number of ketones is 2. The molecule has 208 valence electrons. The fourth-order valence-electron chi connectivity index (χ4n) is 4.62. The van der Waals surface area contributed by atoms with Crippen molar-refractivity contribution in [1.29, 1.82) is 0 Å². The first kappa shape index (κ1) is 28.9. The summed E-state index contributed by atoms with van der Waals surface area (Å²) in [5.74, 6) is -2.25. The van der Waals surface area contributed by atoms with Crippen LogP contribution in [-0.4, -0.2) is 65.1 Å². The molecule has 11 heteroatoms. The van der Waals surface area contributed by atoms with Crippen LogP contribution in [0.3, 0.4) is 0 Å². The molecule has 0 unspecified atom stereocenters. The summed E-state index contributed by atoms with van der Waals surface area (Å²) < 4.78 is 5.33. The largest absolute Gasteiger partial charge is 0.507 e. The summed E-state index contributed by atoms with van der Waals surface area (Å²) in [6.07, 6.45) is 0.501. The Morgan fingerprint density at radius 2 is 1.55 bits per heavy atom. The van der Waals surface area contributed by atoms with E-state index in [9.17, 15) is 29.4 Å². The fraction of sp³-hybridized carbons (Fsp3) is 0.241. The third kappa shape index (κ3) is 5.90. The van der Waals surface area contributed by atoms with E-state index in [0.717, 1.165) is 17.3 Å². The topological polar surface area (TPSA) is 133 Å². The molecule has 0 aliphatic heterocycles. The zero-order valence-electron chi connectivity index (χ0n) is 21.2. The maximum absolute atomic E-state index is 13.1. The second kappa shape index (κ2) is 12.8. The van der Waals surface area contributed by atoms with Crippen molar-refractivity contribution in [3.05, 3.63) is 88.0 Å².